The minimum absolute atomic E-state index is 0.0990. The zero-order valence-electron chi connectivity index (χ0n) is 13.6. The molecule has 1 heterocycles. The van der Waals surface area contributed by atoms with Gasteiger partial charge in [0.25, 0.3) is 0 Å². The number of benzene rings is 1. The highest BCUT2D eigenvalue weighted by Gasteiger charge is 2.21. The summed E-state index contributed by atoms with van der Waals surface area (Å²) in [6.07, 6.45) is 2.08. The molecule has 0 saturated heterocycles. The van der Waals surface area contributed by atoms with Gasteiger partial charge in [-0.1, -0.05) is 32.0 Å². The Hall–Kier alpha value is -1.32. The fourth-order valence-corrected chi connectivity index (χ4v) is 2.15. The Morgan fingerprint density at radius 2 is 2.00 bits per heavy atom. The van der Waals surface area contributed by atoms with Gasteiger partial charge in [0.05, 0.1) is 18.2 Å². The first-order valence-electron chi connectivity index (χ1n) is 7.91. The van der Waals surface area contributed by atoms with Gasteiger partial charge in [0, 0.05) is 5.39 Å². The minimum atomic E-state index is -0.0990. The molecule has 21 heavy (non-hydrogen) atoms. The van der Waals surface area contributed by atoms with Gasteiger partial charge in [-0.25, -0.2) is 0 Å². The van der Waals surface area contributed by atoms with E-state index in [0.717, 1.165) is 36.1 Å². The number of hydrogen-bond donors (Lipinski definition) is 1. The van der Waals surface area contributed by atoms with E-state index in [4.69, 9.17) is 9.15 Å². The van der Waals surface area contributed by atoms with Gasteiger partial charge < -0.3 is 14.5 Å². The molecule has 0 aliphatic heterocycles. The molecule has 1 aromatic carbocycles. The molecular weight excluding hydrogens is 262 g/mol. The topological polar surface area (TPSA) is 34.4 Å². The summed E-state index contributed by atoms with van der Waals surface area (Å²) < 4.78 is 12.0. The third kappa shape index (κ3) is 4.32. The van der Waals surface area contributed by atoms with E-state index in [1.807, 2.05) is 18.2 Å². The highest BCUT2D eigenvalue weighted by molar-refractivity contribution is 5.77. The quantitative estimate of drug-likeness (QED) is 0.766. The van der Waals surface area contributed by atoms with Gasteiger partial charge in [0.2, 0.25) is 0 Å². The largest absolute Gasteiger partial charge is 0.459 e. The number of furan rings is 1. The lowest BCUT2D eigenvalue weighted by atomic mass is 10.1. The van der Waals surface area contributed by atoms with Gasteiger partial charge >= 0.3 is 0 Å². The molecule has 0 fully saturated rings. The van der Waals surface area contributed by atoms with E-state index in [1.54, 1.807) is 0 Å². The van der Waals surface area contributed by atoms with Crippen molar-refractivity contribution in [2.45, 2.75) is 52.2 Å². The van der Waals surface area contributed by atoms with E-state index in [9.17, 15) is 0 Å². The second-order valence-electron chi connectivity index (χ2n) is 6.12. The molecule has 0 radical (unpaired) electrons. The summed E-state index contributed by atoms with van der Waals surface area (Å²) in [5.41, 5.74) is 0.837. The van der Waals surface area contributed by atoms with Crippen LogP contribution in [0, 0.1) is 0 Å². The molecular formula is C18H27NO2. The van der Waals surface area contributed by atoms with Gasteiger partial charge in [-0.2, -0.15) is 0 Å². The average molecular weight is 289 g/mol. The van der Waals surface area contributed by atoms with Crippen LogP contribution in [0.25, 0.3) is 11.0 Å². The number of ether oxygens (including phenoxy) is 1. The predicted octanol–water partition coefficient (Wildman–Crippen LogP) is 4.68. The Labute approximate surface area is 127 Å². The molecule has 1 atom stereocenters. The normalized spacial score (nSPS) is 13.7. The van der Waals surface area contributed by atoms with Gasteiger partial charge in [0.1, 0.15) is 11.3 Å². The van der Waals surface area contributed by atoms with Crippen molar-refractivity contribution >= 4 is 11.0 Å². The number of hydrogen-bond acceptors (Lipinski definition) is 3. The summed E-state index contributed by atoms with van der Waals surface area (Å²) >= 11 is 0. The molecule has 3 nitrogen and oxygen atoms in total. The summed E-state index contributed by atoms with van der Waals surface area (Å²) in [5.74, 6) is 0.955. The summed E-state index contributed by atoms with van der Waals surface area (Å²) in [5, 5.41) is 4.67. The zero-order valence-corrected chi connectivity index (χ0v) is 13.6. The number of nitrogens with one attached hydrogen (secondary N) is 1. The molecule has 0 saturated carbocycles. The fourth-order valence-electron chi connectivity index (χ4n) is 2.15. The Morgan fingerprint density at radius 3 is 2.67 bits per heavy atom. The lowest BCUT2D eigenvalue weighted by molar-refractivity contribution is -0.0327. The van der Waals surface area contributed by atoms with Crippen LogP contribution in [-0.2, 0) is 4.74 Å². The molecule has 1 unspecified atom stereocenters. The Morgan fingerprint density at radius 1 is 1.24 bits per heavy atom. The van der Waals surface area contributed by atoms with Crippen molar-refractivity contribution in [1.29, 1.82) is 0 Å². The van der Waals surface area contributed by atoms with Crippen LogP contribution < -0.4 is 5.32 Å². The Bertz CT molecular complexity index is 526. The van der Waals surface area contributed by atoms with E-state index in [2.05, 4.69) is 45.1 Å². The smallest absolute Gasteiger partial charge is 0.134 e. The first-order chi connectivity index (χ1) is 10.1. The highest BCUT2D eigenvalue weighted by atomic mass is 16.5. The minimum Gasteiger partial charge on any atom is -0.459 e. The standard InChI is InChI=1S/C18H27NO2/c1-5-11-19-15(13-20-18(3,4)6-2)17-12-14-9-7-8-10-16(14)21-17/h7-10,12,15,19H,5-6,11,13H2,1-4H3. The van der Waals surface area contributed by atoms with Crippen LogP contribution in [-0.4, -0.2) is 18.8 Å². The number of rotatable bonds is 8. The first kappa shape index (κ1) is 16.1. The van der Waals surface area contributed by atoms with Crippen molar-refractivity contribution in [3.63, 3.8) is 0 Å². The van der Waals surface area contributed by atoms with Gasteiger partial charge in [-0.05, 0) is 45.4 Å². The molecule has 0 bridgehead atoms. The lowest BCUT2D eigenvalue weighted by Gasteiger charge is -2.26. The molecule has 1 aromatic heterocycles. The molecule has 0 spiro atoms. The third-order valence-corrected chi connectivity index (χ3v) is 3.92. The highest BCUT2D eigenvalue weighted by Crippen LogP contribution is 2.25. The van der Waals surface area contributed by atoms with E-state index in [-0.39, 0.29) is 11.6 Å². The van der Waals surface area contributed by atoms with Crippen molar-refractivity contribution in [3.8, 4) is 0 Å². The number of fused-ring (bicyclic) bond motifs is 1. The molecule has 3 heteroatoms. The maximum absolute atomic E-state index is 6.07. The van der Waals surface area contributed by atoms with Crippen LogP contribution in [0.2, 0.25) is 0 Å². The maximum Gasteiger partial charge on any atom is 0.134 e. The van der Waals surface area contributed by atoms with Gasteiger partial charge in [-0.3, -0.25) is 0 Å². The van der Waals surface area contributed by atoms with E-state index < -0.39 is 0 Å². The predicted molar refractivity (Wildman–Crippen MR) is 87.6 cm³/mol. The van der Waals surface area contributed by atoms with Crippen molar-refractivity contribution in [2.75, 3.05) is 13.2 Å². The monoisotopic (exact) mass is 289 g/mol. The molecule has 1 N–H and O–H groups in total. The van der Waals surface area contributed by atoms with E-state index in [0.29, 0.717) is 6.61 Å². The van der Waals surface area contributed by atoms with Crippen LogP contribution in [0.3, 0.4) is 0 Å². The first-order valence-corrected chi connectivity index (χ1v) is 7.91. The SMILES string of the molecule is CCCNC(COC(C)(C)CC)c1cc2ccccc2o1. The molecule has 2 aromatic rings. The van der Waals surface area contributed by atoms with Crippen LogP contribution in [0.5, 0.6) is 0 Å². The molecule has 2 rings (SSSR count). The summed E-state index contributed by atoms with van der Waals surface area (Å²) in [6, 6.07) is 10.3. The van der Waals surface area contributed by atoms with Crippen LogP contribution in [0.15, 0.2) is 34.7 Å². The Balaban J connectivity index is 2.14. The second-order valence-corrected chi connectivity index (χ2v) is 6.12. The van der Waals surface area contributed by atoms with Crippen molar-refractivity contribution in [1.82, 2.24) is 5.32 Å². The zero-order chi connectivity index (χ0) is 15.3. The molecule has 0 amide bonds. The average Bonchev–Trinajstić information content (AvgIpc) is 2.91. The number of para-hydroxylation sites is 1. The van der Waals surface area contributed by atoms with Crippen molar-refractivity contribution in [3.05, 3.63) is 36.1 Å². The van der Waals surface area contributed by atoms with Crippen LogP contribution >= 0.6 is 0 Å². The summed E-state index contributed by atoms with van der Waals surface area (Å²) in [6.45, 7) is 10.2. The molecule has 0 aliphatic carbocycles. The molecule has 116 valence electrons. The van der Waals surface area contributed by atoms with Crippen molar-refractivity contribution < 1.29 is 9.15 Å². The van der Waals surface area contributed by atoms with E-state index >= 15 is 0 Å². The van der Waals surface area contributed by atoms with Crippen LogP contribution in [0.1, 0.15) is 52.3 Å². The van der Waals surface area contributed by atoms with Crippen molar-refractivity contribution in [2.24, 2.45) is 0 Å². The lowest BCUT2D eigenvalue weighted by Crippen LogP contribution is -2.31. The van der Waals surface area contributed by atoms with Gasteiger partial charge in [0.15, 0.2) is 0 Å². The summed E-state index contributed by atoms with van der Waals surface area (Å²) in [7, 11) is 0. The second kappa shape index (κ2) is 7.10. The van der Waals surface area contributed by atoms with Crippen LogP contribution in [0.4, 0.5) is 0 Å². The summed E-state index contributed by atoms with van der Waals surface area (Å²) in [4.78, 5) is 0. The fraction of sp³-hybridized carbons (Fsp3) is 0.556. The molecule has 0 aliphatic rings. The maximum atomic E-state index is 6.07. The Kier molecular flexibility index (Phi) is 5.43. The third-order valence-electron chi connectivity index (χ3n) is 3.92. The van der Waals surface area contributed by atoms with E-state index in [1.165, 1.54) is 0 Å². The van der Waals surface area contributed by atoms with Gasteiger partial charge in [-0.15, -0.1) is 0 Å².